The standard InChI is InChI=1S/C16H16BrN5O/c1-10(13-8-18-9-19-13)22-14-7-11(17)3-4-12(14)15(20-16(22)23)21-5-2-6-21/h3-4,7-10H,2,5-6H2,1H3,(H,18,19)/t10-/m0/s1. The fraction of sp³-hybridized carbons (Fsp3) is 0.312. The van der Waals surface area contributed by atoms with Gasteiger partial charge in [-0.25, -0.2) is 9.78 Å². The Morgan fingerprint density at radius 3 is 2.83 bits per heavy atom. The van der Waals surface area contributed by atoms with E-state index in [1.165, 1.54) is 0 Å². The molecule has 7 heteroatoms. The zero-order chi connectivity index (χ0) is 16.0. The summed E-state index contributed by atoms with van der Waals surface area (Å²) in [7, 11) is 0. The van der Waals surface area contributed by atoms with Gasteiger partial charge in [-0.1, -0.05) is 15.9 Å². The second-order valence-electron chi connectivity index (χ2n) is 5.77. The van der Waals surface area contributed by atoms with Crippen LogP contribution in [0.3, 0.4) is 0 Å². The SMILES string of the molecule is C[C@@H](c1cnc[nH]1)n1c(=O)nc(N2CCC2)c2ccc(Br)cc21. The maximum absolute atomic E-state index is 12.7. The molecular formula is C16H16BrN5O. The summed E-state index contributed by atoms with van der Waals surface area (Å²) in [6.45, 7) is 3.88. The first-order chi connectivity index (χ1) is 11.1. The molecule has 0 spiro atoms. The number of aromatic amines is 1. The van der Waals surface area contributed by atoms with Gasteiger partial charge in [0.15, 0.2) is 0 Å². The van der Waals surface area contributed by atoms with Gasteiger partial charge in [-0.2, -0.15) is 4.98 Å². The van der Waals surface area contributed by atoms with Crippen LogP contribution in [0.5, 0.6) is 0 Å². The van der Waals surface area contributed by atoms with Gasteiger partial charge in [0.1, 0.15) is 5.82 Å². The predicted molar refractivity (Wildman–Crippen MR) is 92.9 cm³/mol. The molecule has 1 aliphatic rings. The average molecular weight is 374 g/mol. The number of rotatable bonds is 3. The van der Waals surface area contributed by atoms with E-state index in [0.717, 1.165) is 46.4 Å². The molecule has 0 saturated carbocycles. The Balaban J connectivity index is 1.99. The van der Waals surface area contributed by atoms with Gasteiger partial charge >= 0.3 is 5.69 Å². The maximum Gasteiger partial charge on any atom is 0.350 e. The number of halogens is 1. The van der Waals surface area contributed by atoms with E-state index < -0.39 is 0 Å². The van der Waals surface area contributed by atoms with Crippen LogP contribution < -0.4 is 10.6 Å². The quantitative estimate of drug-likeness (QED) is 0.766. The van der Waals surface area contributed by atoms with Crippen molar-refractivity contribution in [3.63, 3.8) is 0 Å². The molecule has 4 rings (SSSR count). The molecule has 3 heterocycles. The second-order valence-corrected chi connectivity index (χ2v) is 6.69. The molecule has 2 aromatic heterocycles. The molecule has 118 valence electrons. The van der Waals surface area contributed by atoms with E-state index in [0.29, 0.717) is 0 Å². The molecule has 0 bridgehead atoms. The molecule has 1 atom stereocenters. The van der Waals surface area contributed by atoms with Crippen molar-refractivity contribution >= 4 is 32.7 Å². The third kappa shape index (κ3) is 2.35. The van der Waals surface area contributed by atoms with Crippen LogP contribution in [0.2, 0.25) is 0 Å². The molecule has 3 aromatic rings. The molecule has 0 amide bonds. The number of H-pyrrole nitrogens is 1. The van der Waals surface area contributed by atoms with E-state index in [1.54, 1.807) is 17.1 Å². The first kappa shape index (κ1) is 14.4. The highest BCUT2D eigenvalue weighted by Crippen LogP contribution is 2.30. The summed E-state index contributed by atoms with van der Waals surface area (Å²) >= 11 is 3.51. The summed E-state index contributed by atoms with van der Waals surface area (Å²) in [6, 6.07) is 5.83. The third-order valence-electron chi connectivity index (χ3n) is 4.38. The van der Waals surface area contributed by atoms with E-state index in [9.17, 15) is 4.79 Å². The first-order valence-corrected chi connectivity index (χ1v) is 8.39. The summed E-state index contributed by atoms with van der Waals surface area (Å²) < 4.78 is 2.66. The van der Waals surface area contributed by atoms with Crippen LogP contribution in [-0.2, 0) is 0 Å². The van der Waals surface area contributed by atoms with E-state index >= 15 is 0 Å². The summed E-state index contributed by atoms with van der Waals surface area (Å²) in [6.07, 6.45) is 4.51. The van der Waals surface area contributed by atoms with Crippen LogP contribution in [0.1, 0.15) is 25.1 Å². The molecule has 1 saturated heterocycles. The smallest absolute Gasteiger partial charge is 0.350 e. The number of nitrogens with one attached hydrogen (secondary N) is 1. The number of nitrogens with zero attached hydrogens (tertiary/aromatic N) is 4. The molecule has 1 aromatic carbocycles. The Morgan fingerprint density at radius 1 is 1.35 bits per heavy atom. The highest BCUT2D eigenvalue weighted by molar-refractivity contribution is 9.10. The van der Waals surface area contributed by atoms with E-state index in [4.69, 9.17) is 0 Å². The Morgan fingerprint density at radius 2 is 2.17 bits per heavy atom. The highest BCUT2D eigenvalue weighted by atomic mass is 79.9. The van der Waals surface area contributed by atoms with Crippen LogP contribution in [-0.4, -0.2) is 32.6 Å². The van der Waals surface area contributed by atoms with Crippen LogP contribution in [0, 0.1) is 0 Å². The van der Waals surface area contributed by atoms with Gasteiger partial charge in [0.25, 0.3) is 0 Å². The molecule has 0 radical (unpaired) electrons. The lowest BCUT2D eigenvalue weighted by atomic mass is 10.1. The second kappa shape index (κ2) is 5.49. The Bertz CT molecular complexity index is 914. The third-order valence-corrected chi connectivity index (χ3v) is 4.87. The summed E-state index contributed by atoms with van der Waals surface area (Å²) in [5.74, 6) is 0.789. The van der Waals surface area contributed by atoms with E-state index in [1.807, 2.05) is 25.1 Å². The number of fused-ring (bicyclic) bond motifs is 1. The number of aromatic nitrogens is 4. The zero-order valence-electron chi connectivity index (χ0n) is 12.7. The Kier molecular flexibility index (Phi) is 3.45. The topological polar surface area (TPSA) is 66.8 Å². The summed E-state index contributed by atoms with van der Waals surface area (Å²) in [5, 5.41) is 0.999. The largest absolute Gasteiger partial charge is 0.356 e. The maximum atomic E-state index is 12.7. The zero-order valence-corrected chi connectivity index (χ0v) is 14.2. The van der Waals surface area contributed by atoms with Crippen molar-refractivity contribution < 1.29 is 0 Å². The van der Waals surface area contributed by atoms with Gasteiger partial charge in [0, 0.05) is 22.9 Å². The Hall–Kier alpha value is -2.15. The highest BCUT2D eigenvalue weighted by Gasteiger charge is 2.23. The van der Waals surface area contributed by atoms with Crippen molar-refractivity contribution in [1.29, 1.82) is 0 Å². The molecule has 6 nitrogen and oxygen atoms in total. The lowest BCUT2D eigenvalue weighted by Crippen LogP contribution is -2.40. The summed E-state index contributed by atoms with van der Waals surface area (Å²) in [5.41, 5.74) is 1.52. The van der Waals surface area contributed by atoms with Crippen molar-refractivity contribution in [2.75, 3.05) is 18.0 Å². The normalized spacial score (nSPS) is 15.7. The van der Waals surface area contributed by atoms with Crippen molar-refractivity contribution in [1.82, 2.24) is 19.5 Å². The number of hydrogen-bond donors (Lipinski definition) is 1. The molecule has 1 N–H and O–H groups in total. The number of hydrogen-bond acceptors (Lipinski definition) is 4. The molecule has 0 unspecified atom stereocenters. The van der Waals surface area contributed by atoms with Crippen LogP contribution in [0.25, 0.3) is 10.9 Å². The fourth-order valence-corrected chi connectivity index (χ4v) is 3.33. The molecule has 0 aliphatic carbocycles. The van der Waals surface area contributed by atoms with Gasteiger partial charge < -0.3 is 9.88 Å². The number of anilines is 1. The first-order valence-electron chi connectivity index (χ1n) is 7.60. The minimum Gasteiger partial charge on any atom is -0.356 e. The van der Waals surface area contributed by atoms with Gasteiger partial charge in [0.05, 0.1) is 29.8 Å². The molecular weight excluding hydrogens is 358 g/mol. The number of imidazole rings is 1. The minimum absolute atomic E-state index is 0.167. The van der Waals surface area contributed by atoms with Crippen molar-refractivity contribution in [2.45, 2.75) is 19.4 Å². The van der Waals surface area contributed by atoms with Gasteiger partial charge in [0.2, 0.25) is 0 Å². The van der Waals surface area contributed by atoms with Crippen LogP contribution in [0.4, 0.5) is 5.82 Å². The van der Waals surface area contributed by atoms with Gasteiger partial charge in [-0.15, -0.1) is 0 Å². The van der Waals surface area contributed by atoms with Crippen molar-refractivity contribution in [3.05, 3.63) is 51.4 Å². The van der Waals surface area contributed by atoms with E-state index in [2.05, 4.69) is 35.8 Å². The number of benzene rings is 1. The molecule has 1 fully saturated rings. The predicted octanol–water partition coefficient (Wildman–Crippen LogP) is 2.70. The summed E-state index contributed by atoms with van der Waals surface area (Å²) in [4.78, 5) is 26.4. The van der Waals surface area contributed by atoms with Gasteiger partial charge in [-0.3, -0.25) is 4.57 Å². The monoisotopic (exact) mass is 373 g/mol. The van der Waals surface area contributed by atoms with Crippen molar-refractivity contribution in [3.8, 4) is 0 Å². The van der Waals surface area contributed by atoms with Crippen molar-refractivity contribution in [2.24, 2.45) is 0 Å². The lowest BCUT2D eigenvalue weighted by Gasteiger charge is -2.33. The average Bonchev–Trinajstić information content (AvgIpc) is 2.98. The fourth-order valence-electron chi connectivity index (χ4n) is 2.98. The molecule has 1 aliphatic heterocycles. The van der Waals surface area contributed by atoms with Gasteiger partial charge in [-0.05, 0) is 31.5 Å². The Labute approximate surface area is 141 Å². The molecule has 23 heavy (non-hydrogen) atoms. The lowest BCUT2D eigenvalue weighted by molar-refractivity contribution is 0.587. The van der Waals surface area contributed by atoms with Crippen LogP contribution in [0.15, 0.2) is 40.0 Å². The van der Waals surface area contributed by atoms with Crippen LogP contribution >= 0.6 is 15.9 Å². The minimum atomic E-state index is -0.236. The van der Waals surface area contributed by atoms with E-state index in [-0.39, 0.29) is 11.7 Å².